The van der Waals surface area contributed by atoms with Crippen LogP contribution in [0.4, 0.5) is 0 Å². The summed E-state index contributed by atoms with van der Waals surface area (Å²) in [5.74, 6) is -1.03. The molecular formula is C11H13NO3. The second-order valence-corrected chi connectivity index (χ2v) is 3.40. The van der Waals surface area contributed by atoms with Crippen molar-refractivity contribution < 1.29 is 14.7 Å². The monoisotopic (exact) mass is 213 g/mol. The summed E-state index contributed by atoms with van der Waals surface area (Å²) < 4.78 is 0. The number of carboxylic acid groups (broad SMARTS) is 1. The van der Waals surface area contributed by atoms with Crippen LogP contribution in [0.15, 0.2) is 24.3 Å². The highest BCUT2D eigenvalue weighted by Gasteiger charge is 2.11. The molecule has 0 amide bonds. The van der Waals surface area contributed by atoms with Gasteiger partial charge in [0.1, 0.15) is 6.04 Å². The van der Waals surface area contributed by atoms with E-state index in [2.05, 4.69) is 0 Å². The standard InChI is InChI=1S/C11H13NO3/c1-7(13)9-4-2-8(3-5-9)6-10(12)11(14)15/h2-5,10H,6,12H2,1H3,(H,14,15)/t10-/m0/s1/i2+1,3+1,4+1,5+1,8+1,9+1. The van der Waals surface area contributed by atoms with Gasteiger partial charge in [0.15, 0.2) is 5.78 Å². The fourth-order valence-electron chi connectivity index (χ4n) is 1.22. The maximum atomic E-state index is 11.0. The molecule has 1 aromatic carbocycles. The van der Waals surface area contributed by atoms with Crippen molar-refractivity contribution in [1.82, 2.24) is 0 Å². The van der Waals surface area contributed by atoms with Gasteiger partial charge in [0.05, 0.1) is 0 Å². The fourth-order valence-corrected chi connectivity index (χ4v) is 1.22. The first-order valence-electron chi connectivity index (χ1n) is 4.59. The molecule has 0 saturated carbocycles. The quantitative estimate of drug-likeness (QED) is 0.726. The number of rotatable bonds is 4. The molecule has 0 bridgehead atoms. The molecule has 0 heterocycles. The summed E-state index contributed by atoms with van der Waals surface area (Å²) >= 11 is 0. The van der Waals surface area contributed by atoms with Gasteiger partial charge in [0.2, 0.25) is 0 Å². The highest BCUT2D eigenvalue weighted by Crippen LogP contribution is 2.07. The number of nitrogens with two attached hydrogens (primary N) is 1. The van der Waals surface area contributed by atoms with Crippen LogP contribution in [0.25, 0.3) is 0 Å². The van der Waals surface area contributed by atoms with Crippen molar-refractivity contribution in [3.63, 3.8) is 0 Å². The van der Waals surface area contributed by atoms with E-state index in [1.165, 1.54) is 6.92 Å². The molecule has 0 saturated heterocycles. The Morgan fingerprint density at radius 3 is 2.27 bits per heavy atom. The summed E-state index contributed by atoms with van der Waals surface area (Å²) in [5, 5.41) is 8.61. The van der Waals surface area contributed by atoms with Gasteiger partial charge in [-0.05, 0) is 18.9 Å². The number of carbonyl (C=O) groups is 2. The summed E-state index contributed by atoms with van der Waals surface area (Å²) in [5.41, 5.74) is 6.81. The second kappa shape index (κ2) is 4.70. The van der Waals surface area contributed by atoms with Gasteiger partial charge >= 0.3 is 5.97 Å². The lowest BCUT2D eigenvalue weighted by Crippen LogP contribution is -2.32. The number of carbonyl (C=O) groups excluding carboxylic acids is 1. The maximum Gasteiger partial charge on any atom is 0.320 e. The van der Waals surface area contributed by atoms with Crippen molar-refractivity contribution in [3.05, 3.63) is 35.4 Å². The summed E-state index contributed by atoms with van der Waals surface area (Å²) in [7, 11) is 0. The van der Waals surface area contributed by atoms with E-state index in [1.807, 2.05) is 0 Å². The van der Waals surface area contributed by atoms with Crippen LogP contribution >= 0.6 is 0 Å². The third-order valence-corrected chi connectivity index (χ3v) is 2.13. The lowest BCUT2D eigenvalue weighted by atomic mass is 10.3. The lowest BCUT2D eigenvalue weighted by Gasteiger charge is -2.06. The molecule has 3 N–H and O–H groups in total. The fraction of sp³-hybridized carbons (Fsp3) is 0.273. The summed E-state index contributed by atoms with van der Waals surface area (Å²) in [6.07, 6.45) is 0.271. The predicted molar refractivity (Wildman–Crippen MR) is 55.8 cm³/mol. The largest absolute Gasteiger partial charge is 0.480 e. The van der Waals surface area contributed by atoms with Crippen molar-refractivity contribution in [3.8, 4) is 0 Å². The average Bonchev–Trinajstić information content (AvgIpc) is 2.18. The molecule has 15 heavy (non-hydrogen) atoms. The predicted octanol–water partition coefficient (Wildman–Crippen LogP) is 0.844. The average molecular weight is 213 g/mol. The zero-order chi connectivity index (χ0) is 11.4. The summed E-state index contributed by atoms with van der Waals surface area (Å²) in [4.78, 5) is 21.5. The number of Topliss-reactive ketones (excluding diaryl/α,β-unsaturated/α-hetero) is 1. The minimum absolute atomic E-state index is 0.0101. The number of benzene rings is 1. The smallest absolute Gasteiger partial charge is 0.320 e. The number of hydrogen-bond acceptors (Lipinski definition) is 3. The van der Waals surface area contributed by atoms with E-state index >= 15 is 0 Å². The van der Waals surface area contributed by atoms with E-state index in [4.69, 9.17) is 10.8 Å². The van der Waals surface area contributed by atoms with E-state index in [9.17, 15) is 9.59 Å². The molecule has 4 nitrogen and oxygen atoms in total. The molecule has 1 aromatic rings. The molecule has 0 aromatic heterocycles. The van der Waals surface area contributed by atoms with Gasteiger partial charge in [-0.25, -0.2) is 0 Å². The molecule has 0 aliphatic heterocycles. The van der Waals surface area contributed by atoms with Crippen LogP contribution in [0.2, 0.25) is 0 Å². The number of ketones is 1. The van der Waals surface area contributed by atoms with Crippen LogP contribution in [0, 0.1) is 0 Å². The lowest BCUT2D eigenvalue weighted by molar-refractivity contribution is -0.138. The van der Waals surface area contributed by atoms with Crippen LogP contribution in [0.5, 0.6) is 0 Å². The first kappa shape index (κ1) is 11.4. The van der Waals surface area contributed by atoms with E-state index in [-0.39, 0.29) is 12.2 Å². The summed E-state index contributed by atoms with van der Waals surface area (Å²) in [6, 6.07) is 5.89. The molecular weight excluding hydrogens is 200 g/mol. The van der Waals surface area contributed by atoms with Crippen molar-refractivity contribution in [2.75, 3.05) is 0 Å². The first-order valence-corrected chi connectivity index (χ1v) is 4.59. The molecule has 1 rings (SSSR count). The molecule has 0 unspecified atom stereocenters. The SMILES string of the molecule is CC(=O)[13c]1[13cH][13cH][13c](C[C@H](N)C(=O)O)[13cH][13cH]1. The minimum atomic E-state index is -1.02. The third-order valence-electron chi connectivity index (χ3n) is 2.13. The summed E-state index contributed by atoms with van der Waals surface area (Å²) in [6.45, 7) is 1.48. The van der Waals surface area contributed by atoms with Crippen molar-refractivity contribution in [2.24, 2.45) is 5.73 Å². The van der Waals surface area contributed by atoms with Gasteiger partial charge in [0, 0.05) is 5.56 Å². The molecule has 0 spiro atoms. The highest BCUT2D eigenvalue weighted by molar-refractivity contribution is 5.94. The van der Waals surface area contributed by atoms with Gasteiger partial charge in [-0.3, -0.25) is 9.59 Å². The van der Waals surface area contributed by atoms with Gasteiger partial charge in [-0.15, -0.1) is 0 Å². The molecule has 0 radical (unpaired) electrons. The topological polar surface area (TPSA) is 80.4 Å². The number of carboxylic acids is 1. The van der Waals surface area contributed by atoms with E-state index in [0.29, 0.717) is 5.56 Å². The Bertz CT molecular complexity index is 370. The molecule has 1 atom stereocenters. The van der Waals surface area contributed by atoms with E-state index < -0.39 is 12.0 Å². The minimum Gasteiger partial charge on any atom is -0.480 e. The van der Waals surface area contributed by atoms with Crippen LogP contribution in [0.1, 0.15) is 22.8 Å². The molecule has 4 heteroatoms. The highest BCUT2D eigenvalue weighted by atomic mass is 16.4. The molecule has 0 aliphatic rings. The molecule has 0 aliphatic carbocycles. The Kier molecular flexibility index (Phi) is 3.57. The molecule has 0 fully saturated rings. The zero-order valence-electron chi connectivity index (χ0n) is 8.43. The Hall–Kier alpha value is -1.68. The van der Waals surface area contributed by atoms with Crippen LogP contribution in [0.3, 0.4) is 0 Å². The maximum absolute atomic E-state index is 11.0. The normalized spacial score (nSPS) is 12.1. The number of hydrogen-bond donors (Lipinski definition) is 2. The van der Waals surface area contributed by atoms with E-state index in [0.717, 1.165) is 5.56 Å². The zero-order valence-corrected chi connectivity index (χ0v) is 8.43. The van der Waals surface area contributed by atoms with Crippen LogP contribution in [-0.2, 0) is 11.2 Å². The van der Waals surface area contributed by atoms with Crippen LogP contribution < -0.4 is 5.73 Å². The van der Waals surface area contributed by atoms with Crippen LogP contribution in [-0.4, -0.2) is 22.9 Å². The van der Waals surface area contributed by atoms with E-state index in [1.54, 1.807) is 24.3 Å². The van der Waals surface area contributed by atoms with Gasteiger partial charge in [0.25, 0.3) is 0 Å². The van der Waals surface area contributed by atoms with Gasteiger partial charge in [-0.1, -0.05) is 24.3 Å². The van der Waals surface area contributed by atoms with Crippen molar-refractivity contribution in [1.29, 1.82) is 0 Å². The van der Waals surface area contributed by atoms with Gasteiger partial charge < -0.3 is 10.8 Å². The Morgan fingerprint density at radius 2 is 1.87 bits per heavy atom. The third kappa shape index (κ3) is 3.18. The Morgan fingerprint density at radius 1 is 1.33 bits per heavy atom. The Labute approximate surface area is 87.7 Å². The number of aliphatic carboxylic acids is 1. The Balaban J connectivity index is 2.72. The van der Waals surface area contributed by atoms with Gasteiger partial charge in [-0.2, -0.15) is 0 Å². The molecule has 80 valence electrons. The first-order chi connectivity index (χ1) is 7.00. The van der Waals surface area contributed by atoms with Crippen molar-refractivity contribution >= 4 is 11.8 Å². The van der Waals surface area contributed by atoms with Crippen molar-refractivity contribution in [2.45, 2.75) is 19.4 Å². The second-order valence-electron chi connectivity index (χ2n) is 3.40.